The molecule has 0 saturated heterocycles. The van der Waals surface area contributed by atoms with E-state index >= 15 is 0 Å². The summed E-state index contributed by atoms with van der Waals surface area (Å²) >= 11 is 0. The zero-order valence-corrected chi connectivity index (χ0v) is 11.7. The quantitative estimate of drug-likeness (QED) is 0.562. The molecule has 100 valence electrons. The monoisotopic (exact) mass is 255 g/mol. The van der Waals surface area contributed by atoms with E-state index in [1.54, 1.807) is 23.1 Å². The number of aryl methyl sites for hydroxylation is 2. The summed E-state index contributed by atoms with van der Waals surface area (Å²) in [7, 11) is 0. The van der Waals surface area contributed by atoms with Gasteiger partial charge >= 0.3 is 0 Å². The van der Waals surface area contributed by atoms with Crippen molar-refractivity contribution in [3.05, 3.63) is 66.3 Å². The van der Waals surface area contributed by atoms with Crippen LogP contribution in [0.4, 0.5) is 0 Å². The predicted molar refractivity (Wildman–Crippen MR) is 81.9 cm³/mol. The van der Waals surface area contributed by atoms with Crippen LogP contribution in [0.25, 0.3) is 6.08 Å². The van der Waals surface area contributed by atoms with Gasteiger partial charge in [-0.25, -0.2) is 0 Å². The Labute approximate surface area is 115 Å². The fourth-order valence-electron chi connectivity index (χ4n) is 1.85. The van der Waals surface area contributed by atoms with Crippen molar-refractivity contribution < 1.29 is 4.79 Å². The summed E-state index contributed by atoms with van der Waals surface area (Å²) in [5.41, 5.74) is 3.46. The van der Waals surface area contributed by atoms with E-state index in [1.807, 2.05) is 25.1 Å². The lowest BCUT2D eigenvalue weighted by atomic mass is 10.1. The average molecular weight is 255 g/mol. The first-order chi connectivity index (χ1) is 9.08. The molecule has 0 N–H and O–H groups in total. The molecule has 0 radical (unpaired) electrons. The first-order valence-corrected chi connectivity index (χ1v) is 6.34. The number of hydrogen-bond donors (Lipinski definition) is 0. The summed E-state index contributed by atoms with van der Waals surface area (Å²) in [4.78, 5) is 13.7. The number of amides is 1. The molecular weight excluding hydrogens is 234 g/mol. The molecule has 0 aliphatic carbocycles. The topological polar surface area (TPSA) is 20.3 Å². The first-order valence-electron chi connectivity index (χ1n) is 6.34. The van der Waals surface area contributed by atoms with Gasteiger partial charge in [0.05, 0.1) is 0 Å². The minimum Gasteiger partial charge on any atom is -0.332 e. The van der Waals surface area contributed by atoms with Crippen molar-refractivity contribution in [2.45, 2.75) is 13.8 Å². The third-order valence-electron chi connectivity index (χ3n) is 2.84. The number of rotatable bonds is 6. The third-order valence-corrected chi connectivity index (χ3v) is 2.84. The lowest BCUT2D eigenvalue weighted by Crippen LogP contribution is -2.29. The van der Waals surface area contributed by atoms with Gasteiger partial charge in [-0.1, -0.05) is 35.9 Å². The Morgan fingerprint density at radius 1 is 1.21 bits per heavy atom. The number of nitrogens with zero attached hydrogens (tertiary/aromatic N) is 1. The van der Waals surface area contributed by atoms with Gasteiger partial charge in [0.25, 0.3) is 0 Å². The van der Waals surface area contributed by atoms with E-state index in [0.29, 0.717) is 13.1 Å². The SMILES string of the molecule is C=CCN(CC=C)C(=O)/C=C/c1ccc(C)cc1C. The Morgan fingerprint density at radius 2 is 1.84 bits per heavy atom. The van der Waals surface area contributed by atoms with Gasteiger partial charge in [0, 0.05) is 19.2 Å². The van der Waals surface area contributed by atoms with Gasteiger partial charge in [0.2, 0.25) is 5.91 Å². The van der Waals surface area contributed by atoms with E-state index in [1.165, 1.54) is 11.1 Å². The van der Waals surface area contributed by atoms with Crippen molar-refractivity contribution in [2.24, 2.45) is 0 Å². The fraction of sp³-hybridized carbons (Fsp3) is 0.235. The van der Waals surface area contributed by atoms with Crippen molar-refractivity contribution in [2.75, 3.05) is 13.1 Å². The number of hydrogen-bond acceptors (Lipinski definition) is 1. The molecule has 1 aromatic carbocycles. The minimum absolute atomic E-state index is 0.0280. The second-order valence-corrected chi connectivity index (χ2v) is 4.51. The first kappa shape index (κ1) is 15.0. The van der Waals surface area contributed by atoms with Gasteiger partial charge in [-0.2, -0.15) is 0 Å². The maximum absolute atomic E-state index is 12.0. The van der Waals surface area contributed by atoms with Crippen LogP contribution in [0.5, 0.6) is 0 Å². The van der Waals surface area contributed by atoms with Crippen LogP contribution in [-0.2, 0) is 4.79 Å². The van der Waals surface area contributed by atoms with Crippen molar-refractivity contribution in [3.63, 3.8) is 0 Å². The van der Waals surface area contributed by atoms with E-state index in [-0.39, 0.29) is 5.91 Å². The molecular formula is C17H21NO. The molecule has 1 aromatic rings. The number of benzene rings is 1. The van der Waals surface area contributed by atoms with Crippen LogP contribution in [0.2, 0.25) is 0 Å². The molecule has 0 bridgehead atoms. The molecule has 19 heavy (non-hydrogen) atoms. The Kier molecular flexibility index (Phi) is 5.80. The molecule has 0 atom stereocenters. The molecule has 2 nitrogen and oxygen atoms in total. The highest BCUT2D eigenvalue weighted by Gasteiger charge is 2.06. The highest BCUT2D eigenvalue weighted by atomic mass is 16.2. The van der Waals surface area contributed by atoms with Crippen LogP contribution in [0.15, 0.2) is 49.6 Å². The zero-order chi connectivity index (χ0) is 14.3. The summed E-state index contributed by atoms with van der Waals surface area (Å²) in [5, 5.41) is 0. The van der Waals surface area contributed by atoms with E-state index in [0.717, 1.165) is 5.56 Å². The summed E-state index contributed by atoms with van der Waals surface area (Å²) in [5.74, 6) is -0.0280. The van der Waals surface area contributed by atoms with E-state index < -0.39 is 0 Å². The maximum atomic E-state index is 12.0. The van der Waals surface area contributed by atoms with Crippen molar-refractivity contribution in [1.82, 2.24) is 4.90 Å². The summed E-state index contributed by atoms with van der Waals surface area (Å²) in [6.07, 6.45) is 6.89. The summed E-state index contributed by atoms with van der Waals surface area (Å²) in [6, 6.07) is 6.18. The van der Waals surface area contributed by atoms with Gasteiger partial charge in [-0.05, 0) is 31.1 Å². The highest BCUT2D eigenvalue weighted by Crippen LogP contribution is 2.12. The molecule has 0 fully saturated rings. The molecule has 0 saturated carbocycles. The molecule has 0 unspecified atom stereocenters. The lowest BCUT2D eigenvalue weighted by molar-refractivity contribution is -0.124. The molecule has 0 aliphatic heterocycles. The Hall–Kier alpha value is -2.09. The molecule has 1 amide bonds. The van der Waals surface area contributed by atoms with Crippen LogP contribution in [0.1, 0.15) is 16.7 Å². The molecule has 0 aromatic heterocycles. The standard InChI is InChI=1S/C17H21NO/c1-5-11-18(12-6-2)17(19)10-9-16-8-7-14(3)13-15(16)4/h5-10,13H,1-2,11-12H2,3-4H3/b10-9+. The molecule has 2 heteroatoms. The Bertz CT molecular complexity index is 490. The predicted octanol–water partition coefficient (Wildman–Crippen LogP) is 3.52. The van der Waals surface area contributed by atoms with E-state index in [9.17, 15) is 4.79 Å². The molecule has 0 heterocycles. The maximum Gasteiger partial charge on any atom is 0.247 e. The van der Waals surface area contributed by atoms with Crippen molar-refractivity contribution >= 4 is 12.0 Å². The van der Waals surface area contributed by atoms with Crippen LogP contribution >= 0.6 is 0 Å². The average Bonchev–Trinajstić information content (AvgIpc) is 2.37. The third kappa shape index (κ3) is 4.59. The Balaban J connectivity index is 2.81. The van der Waals surface area contributed by atoms with Gasteiger partial charge in [-0.15, -0.1) is 13.2 Å². The summed E-state index contributed by atoms with van der Waals surface area (Å²) < 4.78 is 0. The fourth-order valence-corrected chi connectivity index (χ4v) is 1.85. The zero-order valence-electron chi connectivity index (χ0n) is 11.7. The van der Waals surface area contributed by atoms with Gasteiger partial charge in [-0.3, -0.25) is 4.79 Å². The van der Waals surface area contributed by atoms with Crippen LogP contribution in [0.3, 0.4) is 0 Å². The number of carbonyl (C=O) groups is 1. The van der Waals surface area contributed by atoms with E-state index in [4.69, 9.17) is 0 Å². The highest BCUT2D eigenvalue weighted by molar-refractivity contribution is 5.92. The largest absolute Gasteiger partial charge is 0.332 e. The Morgan fingerprint density at radius 3 is 2.37 bits per heavy atom. The van der Waals surface area contributed by atoms with Crippen LogP contribution in [-0.4, -0.2) is 23.9 Å². The molecule has 0 aliphatic rings. The minimum atomic E-state index is -0.0280. The molecule has 0 spiro atoms. The second kappa shape index (κ2) is 7.37. The van der Waals surface area contributed by atoms with Crippen LogP contribution < -0.4 is 0 Å². The van der Waals surface area contributed by atoms with E-state index in [2.05, 4.69) is 26.1 Å². The molecule has 1 rings (SSSR count). The second-order valence-electron chi connectivity index (χ2n) is 4.51. The van der Waals surface area contributed by atoms with Gasteiger partial charge in [0.1, 0.15) is 0 Å². The van der Waals surface area contributed by atoms with Crippen molar-refractivity contribution in [3.8, 4) is 0 Å². The number of carbonyl (C=O) groups excluding carboxylic acids is 1. The summed E-state index contributed by atoms with van der Waals surface area (Å²) in [6.45, 7) is 12.5. The lowest BCUT2D eigenvalue weighted by Gasteiger charge is -2.16. The van der Waals surface area contributed by atoms with Gasteiger partial charge < -0.3 is 4.90 Å². The smallest absolute Gasteiger partial charge is 0.247 e. The van der Waals surface area contributed by atoms with Gasteiger partial charge in [0.15, 0.2) is 0 Å². The normalized spacial score (nSPS) is 10.4. The van der Waals surface area contributed by atoms with Crippen molar-refractivity contribution in [1.29, 1.82) is 0 Å². The van der Waals surface area contributed by atoms with Crippen LogP contribution in [0, 0.1) is 13.8 Å².